The maximum atomic E-state index is 12.5. The highest BCUT2D eigenvalue weighted by Gasteiger charge is 2.47. The molecule has 1 saturated heterocycles. The first-order valence-electron chi connectivity index (χ1n) is 9.21. The van der Waals surface area contributed by atoms with E-state index in [-0.39, 0.29) is 34.0 Å². The van der Waals surface area contributed by atoms with E-state index >= 15 is 0 Å². The van der Waals surface area contributed by atoms with E-state index in [1.807, 2.05) is 13.8 Å². The summed E-state index contributed by atoms with van der Waals surface area (Å²) in [6.07, 6.45) is 1.34. The second kappa shape index (κ2) is 8.08. The number of nitrogens with one attached hydrogen (secondary N) is 3. The van der Waals surface area contributed by atoms with E-state index in [4.69, 9.17) is 5.11 Å². The highest BCUT2D eigenvalue weighted by Crippen LogP contribution is 2.35. The molecular formula is C20H29N3O4. The van der Waals surface area contributed by atoms with Gasteiger partial charge < -0.3 is 21.1 Å². The Morgan fingerprint density at radius 1 is 1.07 bits per heavy atom. The summed E-state index contributed by atoms with van der Waals surface area (Å²) in [6.45, 7) is 9.05. The van der Waals surface area contributed by atoms with Gasteiger partial charge in [0.1, 0.15) is 0 Å². The molecule has 0 radical (unpaired) electrons. The first kappa shape index (κ1) is 20.9. The highest BCUT2D eigenvalue weighted by molar-refractivity contribution is 6.04. The molecule has 1 heterocycles. The van der Waals surface area contributed by atoms with Crippen LogP contribution in [0.15, 0.2) is 24.3 Å². The number of hydrogen-bond acceptors (Lipinski definition) is 4. The summed E-state index contributed by atoms with van der Waals surface area (Å²) < 4.78 is 0. The van der Waals surface area contributed by atoms with E-state index in [1.165, 1.54) is 12.1 Å². The van der Waals surface area contributed by atoms with Crippen LogP contribution in [-0.2, 0) is 4.79 Å². The van der Waals surface area contributed by atoms with Gasteiger partial charge in [0.05, 0.1) is 17.0 Å². The third-order valence-corrected chi connectivity index (χ3v) is 4.90. The Balaban J connectivity index is 1.77. The zero-order valence-corrected chi connectivity index (χ0v) is 16.4. The second-order valence-electron chi connectivity index (χ2n) is 8.24. The molecule has 4 N–H and O–H groups in total. The molecule has 0 bridgehead atoms. The van der Waals surface area contributed by atoms with Crippen molar-refractivity contribution in [2.24, 2.45) is 5.92 Å². The van der Waals surface area contributed by atoms with E-state index < -0.39 is 11.9 Å². The number of carbonyl (C=O) groups excluding carboxylic acids is 2. The number of rotatable bonds is 7. The molecule has 1 fully saturated rings. The van der Waals surface area contributed by atoms with Crippen molar-refractivity contribution in [2.45, 2.75) is 51.6 Å². The van der Waals surface area contributed by atoms with Crippen molar-refractivity contribution in [1.82, 2.24) is 16.0 Å². The van der Waals surface area contributed by atoms with Crippen LogP contribution in [-0.4, -0.2) is 47.1 Å². The van der Waals surface area contributed by atoms with Gasteiger partial charge in [-0.15, -0.1) is 0 Å². The topological polar surface area (TPSA) is 108 Å². The Morgan fingerprint density at radius 2 is 1.67 bits per heavy atom. The van der Waals surface area contributed by atoms with Crippen molar-refractivity contribution >= 4 is 17.8 Å². The largest absolute Gasteiger partial charge is 0.478 e. The first-order chi connectivity index (χ1) is 12.5. The highest BCUT2D eigenvalue weighted by atomic mass is 16.4. The Kier molecular flexibility index (Phi) is 6.26. The Hall–Kier alpha value is -2.41. The molecule has 0 saturated carbocycles. The monoisotopic (exact) mass is 375 g/mol. The average Bonchev–Trinajstić information content (AvgIpc) is 2.81. The van der Waals surface area contributed by atoms with Gasteiger partial charge in [0.25, 0.3) is 5.91 Å². The van der Waals surface area contributed by atoms with E-state index in [0.717, 1.165) is 6.42 Å². The van der Waals surface area contributed by atoms with Crippen LogP contribution in [0.1, 0.15) is 61.3 Å². The first-order valence-corrected chi connectivity index (χ1v) is 9.21. The van der Waals surface area contributed by atoms with Gasteiger partial charge in [0.2, 0.25) is 5.91 Å². The van der Waals surface area contributed by atoms with Crippen LogP contribution in [0.5, 0.6) is 0 Å². The fraction of sp³-hybridized carbons (Fsp3) is 0.550. The molecule has 7 nitrogen and oxygen atoms in total. The summed E-state index contributed by atoms with van der Waals surface area (Å²) in [7, 11) is 0. The van der Waals surface area contributed by atoms with Gasteiger partial charge >= 0.3 is 5.97 Å². The van der Waals surface area contributed by atoms with Crippen LogP contribution in [0.4, 0.5) is 0 Å². The molecule has 1 aliphatic rings. The van der Waals surface area contributed by atoms with Crippen LogP contribution in [0.25, 0.3) is 0 Å². The normalized spacial score (nSPS) is 20.1. The summed E-state index contributed by atoms with van der Waals surface area (Å²) >= 11 is 0. The van der Waals surface area contributed by atoms with E-state index in [2.05, 4.69) is 29.8 Å². The van der Waals surface area contributed by atoms with Gasteiger partial charge in [-0.25, -0.2) is 4.79 Å². The molecule has 1 atom stereocenters. The zero-order valence-electron chi connectivity index (χ0n) is 16.4. The standard InChI is InChI=1S/C20H29N3O4/c1-19(2)12-15(20(3,4)23-19)17(25)22-11-7-10-21-16(24)13-8-5-6-9-14(13)18(26)27/h5-6,8-9,15,23H,7,10-12H2,1-4H3,(H,21,24)(H,22,25)(H,26,27). The molecule has 1 unspecified atom stereocenters. The van der Waals surface area contributed by atoms with Crippen LogP contribution in [0.2, 0.25) is 0 Å². The van der Waals surface area contributed by atoms with Crippen molar-refractivity contribution in [3.05, 3.63) is 35.4 Å². The maximum Gasteiger partial charge on any atom is 0.336 e. The van der Waals surface area contributed by atoms with Crippen LogP contribution in [0.3, 0.4) is 0 Å². The predicted octanol–water partition coefficient (Wildman–Crippen LogP) is 1.79. The average molecular weight is 375 g/mol. The molecule has 0 aliphatic carbocycles. The van der Waals surface area contributed by atoms with Crippen LogP contribution >= 0.6 is 0 Å². The molecule has 27 heavy (non-hydrogen) atoms. The van der Waals surface area contributed by atoms with E-state index in [1.54, 1.807) is 12.1 Å². The van der Waals surface area contributed by atoms with Crippen LogP contribution in [0, 0.1) is 5.92 Å². The lowest BCUT2D eigenvalue weighted by atomic mass is 9.86. The summed E-state index contributed by atoms with van der Waals surface area (Å²) in [5.74, 6) is -1.66. The number of amides is 2. The van der Waals surface area contributed by atoms with Gasteiger partial charge in [0.15, 0.2) is 0 Å². The minimum Gasteiger partial charge on any atom is -0.478 e. The molecular weight excluding hydrogens is 346 g/mol. The lowest BCUT2D eigenvalue weighted by Crippen LogP contribution is -2.48. The van der Waals surface area contributed by atoms with Gasteiger partial charge in [-0.1, -0.05) is 12.1 Å². The van der Waals surface area contributed by atoms with Crippen molar-refractivity contribution in [2.75, 3.05) is 13.1 Å². The molecule has 1 aliphatic heterocycles. The number of carbonyl (C=O) groups is 3. The summed E-state index contributed by atoms with van der Waals surface area (Å²) in [4.78, 5) is 35.8. The number of aromatic carboxylic acids is 1. The third kappa shape index (κ3) is 5.29. The zero-order chi connectivity index (χ0) is 20.2. The molecule has 1 aromatic carbocycles. The Labute approximate surface area is 159 Å². The molecule has 148 valence electrons. The van der Waals surface area contributed by atoms with Crippen molar-refractivity contribution in [3.8, 4) is 0 Å². The minimum absolute atomic E-state index is 0.0145. The fourth-order valence-electron chi connectivity index (χ4n) is 3.78. The number of benzene rings is 1. The lowest BCUT2D eigenvalue weighted by Gasteiger charge is -2.27. The van der Waals surface area contributed by atoms with E-state index in [9.17, 15) is 14.4 Å². The fourth-order valence-corrected chi connectivity index (χ4v) is 3.78. The van der Waals surface area contributed by atoms with Gasteiger partial charge in [-0.3, -0.25) is 9.59 Å². The molecule has 2 rings (SSSR count). The summed E-state index contributed by atoms with van der Waals surface area (Å²) in [6, 6.07) is 6.09. The molecule has 7 heteroatoms. The van der Waals surface area contributed by atoms with Crippen LogP contribution < -0.4 is 16.0 Å². The number of carboxylic acids is 1. The number of hydrogen-bond donors (Lipinski definition) is 4. The third-order valence-electron chi connectivity index (χ3n) is 4.90. The SMILES string of the molecule is CC1(C)CC(C(=O)NCCCNC(=O)c2ccccc2C(=O)O)C(C)(C)N1. The minimum atomic E-state index is -1.14. The summed E-state index contributed by atoms with van der Waals surface area (Å²) in [5, 5.41) is 18.3. The Morgan fingerprint density at radius 3 is 2.22 bits per heavy atom. The van der Waals surface area contributed by atoms with Crippen molar-refractivity contribution < 1.29 is 19.5 Å². The molecule has 0 spiro atoms. The van der Waals surface area contributed by atoms with Crippen molar-refractivity contribution in [1.29, 1.82) is 0 Å². The smallest absolute Gasteiger partial charge is 0.336 e. The summed E-state index contributed by atoms with van der Waals surface area (Å²) in [5.41, 5.74) is -0.226. The molecule has 0 aromatic heterocycles. The maximum absolute atomic E-state index is 12.5. The van der Waals surface area contributed by atoms with Gasteiger partial charge in [-0.2, -0.15) is 0 Å². The van der Waals surface area contributed by atoms with E-state index in [0.29, 0.717) is 19.5 Å². The van der Waals surface area contributed by atoms with Gasteiger partial charge in [0, 0.05) is 24.2 Å². The predicted molar refractivity (Wildman–Crippen MR) is 103 cm³/mol. The number of carboxylic acid groups (broad SMARTS) is 1. The molecule has 1 aromatic rings. The Bertz CT molecular complexity index is 728. The lowest BCUT2D eigenvalue weighted by molar-refractivity contribution is -0.126. The second-order valence-corrected chi connectivity index (χ2v) is 8.24. The van der Waals surface area contributed by atoms with Gasteiger partial charge in [-0.05, 0) is 52.7 Å². The van der Waals surface area contributed by atoms with Crippen molar-refractivity contribution in [3.63, 3.8) is 0 Å². The molecule has 2 amide bonds. The quantitative estimate of drug-likeness (QED) is 0.544.